The molecule has 1 aromatic rings. The summed E-state index contributed by atoms with van der Waals surface area (Å²) in [6, 6.07) is 5.88. The first-order valence-corrected chi connectivity index (χ1v) is 6.00. The minimum Gasteiger partial charge on any atom is -0.207 e. The molecule has 2 rings (SSSR count). The number of halogens is 2. The highest BCUT2D eigenvalue weighted by atomic mass is 19.1. The van der Waals surface area contributed by atoms with Gasteiger partial charge in [-0.15, -0.1) is 0 Å². The third kappa shape index (κ3) is 2.82. The average molecular weight is 235 g/mol. The SMILES string of the molecule is N#CC1(Cc2cc(F)cc(F)c2)CCCCC1. The van der Waals surface area contributed by atoms with E-state index in [1.807, 2.05) is 0 Å². The maximum Gasteiger partial charge on any atom is 0.126 e. The zero-order valence-corrected chi connectivity index (χ0v) is 9.68. The average Bonchev–Trinajstić information content (AvgIpc) is 2.29. The molecule has 0 aromatic heterocycles. The largest absolute Gasteiger partial charge is 0.207 e. The zero-order valence-electron chi connectivity index (χ0n) is 9.68. The van der Waals surface area contributed by atoms with Crippen LogP contribution in [0.3, 0.4) is 0 Å². The lowest BCUT2D eigenvalue weighted by Gasteiger charge is -2.30. The van der Waals surface area contributed by atoms with Crippen LogP contribution in [0.1, 0.15) is 37.7 Å². The molecule has 1 aliphatic rings. The molecule has 0 saturated heterocycles. The second kappa shape index (κ2) is 4.83. The molecule has 1 nitrogen and oxygen atoms in total. The number of rotatable bonds is 2. The van der Waals surface area contributed by atoms with Crippen LogP contribution < -0.4 is 0 Å². The molecule has 0 bridgehead atoms. The topological polar surface area (TPSA) is 23.8 Å². The smallest absolute Gasteiger partial charge is 0.126 e. The Balaban J connectivity index is 2.21. The molecule has 1 aliphatic carbocycles. The summed E-state index contributed by atoms with van der Waals surface area (Å²) in [4.78, 5) is 0. The van der Waals surface area contributed by atoms with Gasteiger partial charge in [-0.05, 0) is 37.0 Å². The fraction of sp³-hybridized carbons (Fsp3) is 0.500. The standard InChI is InChI=1S/C14H15F2N/c15-12-6-11(7-13(16)8-12)9-14(10-17)4-2-1-3-5-14/h6-8H,1-5,9H2. The van der Waals surface area contributed by atoms with Crippen LogP contribution in [0.15, 0.2) is 18.2 Å². The third-order valence-electron chi connectivity index (χ3n) is 3.51. The van der Waals surface area contributed by atoms with Gasteiger partial charge in [0.25, 0.3) is 0 Å². The molecule has 0 atom stereocenters. The Morgan fingerprint density at radius 2 is 1.65 bits per heavy atom. The highest BCUT2D eigenvalue weighted by Gasteiger charge is 2.32. The summed E-state index contributed by atoms with van der Waals surface area (Å²) in [6.07, 6.45) is 5.35. The van der Waals surface area contributed by atoms with E-state index in [4.69, 9.17) is 0 Å². The highest BCUT2D eigenvalue weighted by Crippen LogP contribution is 2.38. The first-order valence-electron chi connectivity index (χ1n) is 6.00. The van der Waals surface area contributed by atoms with Gasteiger partial charge in [-0.3, -0.25) is 0 Å². The van der Waals surface area contributed by atoms with Crippen molar-refractivity contribution in [3.63, 3.8) is 0 Å². The molecule has 0 N–H and O–H groups in total. The van der Waals surface area contributed by atoms with Gasteiger partial charge in [-0.25, -0.2) is 8.78 Å². The van der Waals surface area contributed by atoms with Crippen LogP contribution in [0, 0.1) is 28.4 Å². The van der Waals surface area contributed by atoms with Gasteiger partial charge in [-0.2, -0.15) is 5.26 Å². The second-order valence-corrected chi connectivity index (χ2v) is 4.91. The molecule has 0 heterocycles. The van der Waals surface area contributed by atoms with Crippen LogP contribution in [-0.4, -0.2) is 0 Å². The van der Waals surface area contributed by atoms with Crippen LogP contribution in [-0.2, 0) is 6.42 Å². The molecular formula is C14H15F2N. The predicted octanol–water partition coefficient (Wildman–Crippen LogP) is 3.98. The molecule has 90 valence electrons. The van der Waals surface area contributed by atoms with Crippen molar-refractivity contribution in [2.75, 3.05) is 0 Å². The fourth-order valence-corrected chi connectivity index (χ4v) is 2.66. The van der Waals surface area contributed by atoms with Crippen LogP contribution in [0.4, 0.5) is 8.78 Å². The van der Waals surface area contributed by atoms with Crippen molar-refractivity contribution in [3.05, 3.63) is 35.4 Å². The summed E-state index contributed by atoms with van der Waals surface area (Å²) in [5.41, 5.74) is 0.171. The van der Waals surface area contributed by atoms with Crippen molar-refractivity contribution in [3.8, 4) is 6.07 Å². The van der Waals surface area contributed by atoms with E-state index >= 15 is 0 Å². The van der Waals surface area contributed by atoms with E-state index in [2.05, 4.69) is 6.07 Å². The summed E-state index contributed by atoms with van der Waals surface area (Å²) in [5.74, 6) is -1.13. The molecule has 1 fully saturated rings. The molecule has 0 radical (unpaired) electrons. The van der Waals surface area contributed by atoms with Crippen molar-refractivity contribution < 1.29 is 8.78 Å². The van der Waals surface area contributed by atoms with E-state index in [-0.39, 0.29) is 0 Å². The van der Waals surface area contributed by atoms with E-state index in [1.165, 1.54) is 12.1 Å². The van der Waals surface area contributed by atoms with Gasteiger partial charge in [0.1, 0.15) is 11.6 Å². The Morgan fingerprint density at radius 1 is 1.06 bits per heavy atom. The molecule has 17 heavy (non-hydrogen) atoms. The summed E-state index contributed by atoms with van der Waals surface area (Å²) < 4.78 is 26.2. The van der Waals surface area contributed by atoms with E-state index in [1.54, 1.807) is 0 Å². The third-order valence-corrected chi connectivity index (χ3v) is 3.51. The number of hydrogen-bond acceptors (Lipinski definition) is 1. The lowest BCUT2D eigenvalue weighted by atomic mass is 9.71. The minimum atomic E-state index is -0.566. The van der Waals surface area contributed by atoms with E-state index in [0.29, 0.717) is 12.0 Å². The Labute approximate surface area is 100 Å². The van der Waals surface area contributed by atoms with Gasteiger partial charge < -0.3 is 0 Å². The van der Waals surface area contributed by atoms with Crippen molar-refractivity contribution in [2.24, 2.45) is 5.41 Å². The summed E-state index contributed by atoms with van der Waals surface area (Å²) in [5, 5.41) is 9.30. The quantitative estimate of drug-likeness (QED) is 0.760. The number of benzene rings is 1. The van der Waals surface area contributed by atoms with Gasteiger partial charge in [0.05, 0.1) is 11.5 Å². The zero-order chi connectivity index (χ0) is 12.3. The van der Waals surface area contributed by atoms with E-state index < -0.39 is 17.0 Å². The van der Waals surface area contributed by atoms with Gasteiger partial charge in [0, 0.05) is 6.07 Å². The normalized spacial score (nSPS) is 18.6. The maximum absolute atomic E-state index is 13.1. The Kier molecular flexibility index (Phi) is 3.42. The van der Waals surface area contributed by atoms with E-state index in [0.717, 1.165) is 38.2 Å². The molecule has 3 heteroatoms. The van der Waals surface area contributed by atoms with Crippen LogP contribution >= 0.6 is 0 Å². The fourth-order valence-electron chi connectivity index (χ4n) is 2.66. The van der Waals surface area contributed by atoms with Crippen molar-refractivity contribution in [1.82, 2.24) is 0 Å². The van der Waals surface area contributed by atoms with Gasteiger partial charge in [0.2, 0.25) is 0 Å². The molecule has 1 saturated carbocycles. The van der Waals surface area contributed by atoms with Crippen LogP contribution in [0.2, 0.25) is 0 Å². The summed E-state index contributed by atoms with van der Waals surface area (Å²) in [7, 11) is 0. The summed E-state index contributed by atoms with van der Waals surface area (Å²) in [6.45, 7) is 0. The first kappa shape index (κ1) is 12.0. The molecule has 0 aliphatic heterocycles. The first-order chi connectivity index (χ1) is 8.13. The van der Waals surface area contributed by atoms with Crippen molar-refractivity contribution in [2.45, 2.75) is 38.5 Å². The monoisotopic (exact) mass is 235 g/mol. The molecule has 0 unspecified atom stereocenters. The molecular weight excluding hydrogens is 220 g/mol. The van der Waals surface area contributed by atoms with Gasteiger partial charge in [-0.1, -0.05) is 19.3 Å². The molecule has 0 spiro atoms. The van der Waals surface area contributed by atoms with E-state index in [9.17, 15) is 14.0 Å². The van der Waals surface area contributed by atoms with Gasteiger partial charge >= 0.3 is 0 Å². The maximum atomic E-state index is 13.1. The Bertz CT molecular complexity index is 422. The lowest BCUT2D eigenvalue weighted by molar-refractivity contribution is 0.265. The Morgan fingerprint density at radius 3 is 2.18 bits per heavy atom. The Hall–Kier alpha value is -1.43. The highest BCUT2D eigenvalue weighted by molar-refractivity contribution is 5.21. The number of nitrogens with zero attached hydrogens (tertiary/aromatic N) is 1. The number of nitriles is 1. The lowest BCUT2D eigenvalue weighted by Crippen LogP contribution is -2.24. The van der Waals surface area contributed by atoms with Crippen LogP contribution in [0.25, 0.3) is 0 Å². The minimum absolute atomic E-state index is 0.418. The predicted molar refractivity (Wildman–Crippen MR) is 61.2 cm³/mol. The van der Waals surface area contributed by atoms with Crippen molar-refractivity contribution in [1.29, 1.82) is 5.26 Å². The molecule has 1 aromatic carbocycles. The second-order valence-electron chi connectivity index (χ2n) is 4.91. The number of hydrogen-bond donors (Lipinski definition) is 0. The summed E-state index contributed by atoms with van der Waals surface area (Å²) >= 11 is 0. The van der Waals surface area contributed by atoms with Crippen LogP contribution in [0.5, 0.6) is 0 Å². The molecule has 0 amide bonds. The van der Waals surface area contributed by atoms with Crippen molar-refractivity contribution >= 4 is 0 Å². The van der Waals surface area contributed by atoms with Gasteiger partial charge in [0.15, 0.2) is 0 Å².